The van der Waals surface area contributed by atoms with Crippen molar-refractivity contribution in [2.24, 2.45) is 0 Å². The maximum atomic E-state index is 12.7. The fourth-order valence-corrected chi connectivity index (χ4v) is 3.81. The maximum Gasteiger partial charge on any atom is 0.255 e. The Hall–Kier alpha value is -4.78. The minimum atomic E-state index is -0.176. The quantitative estimate of drug-likeness (QED) is 0.312. The van der Waals surface area contributed by atoms with Crippen LogP contribution in [0.25, 0.3) is 16.9 Å². The molecule has 2 aromatic heterocycles. The van der Waals surface area contributed by atoms with Gasteiger partial charge in [-0.2, -0.15) is 4.98 Å². The summed E-state index contributed by atoms with van der Waals surface area (Å²) in [5.41, 5.74) is 5.39. The topological polar surface area (TPSA) is 81.9 Å². The predicted molar refractivity (Wildman–Crippen MR) is 140 cm³/mol. The number of aryl methyl sites for hydroxylation is 2. The molecule has 2 heterocycles. The molecule has 5 aromatic rings. The molecule has 0 bridgehead atoms. The zero-order valence-corrected chi connectivity index (χ0v) is 20.3. The molecular weight excluding hydrogens is 450 g/mol. The highest BCUT2D eigenvalue weighted by Crippen LogP contribution is 2.25. The lowest BCUT2D eigenvalue weighted by Gasteiger charge is -2.10. The smallest absolute Gasteiger partial charge is 0.255 e. The Morgan fingerprint density at radius 1 is 0.833 bits per heavy atom. The van der Waals surface area contributed by atoms with Gasteiger partial charge in [0.2, 0.25) is 5.88 Å². The SMILES string of the molecule is Cc1nc(Oc2ccc(NC(=O)c3ccc(-c4ccccc4)cc3)cc2)cc(-n2cnc(C)c2C)n1. The number of carbonyl (C=O) groups excluding carboxylic acids is 1. The highest BCUT2D eigenvalue weighted by molar-refractivity contribution is 6.04. The number of carbonyl (C=O) groups is 1. The van der Waals surface area contributed by atoms with Crippen molar-refractivity contribution < 1.29 is 9.53 Å². The summed E-state index contributed by atoms with van der Waals surface area (Å²) < 4.78 is 7.87. The fourth-order valence-electron chi connectivity index (χ4n) is 3.81. The Bertz CT molecular complexity index is 1510. The van der Waals surface area contributed by atoms with Crippen molar-refractivity contribution in [3.05, 3.63) is 114 Å². The van der Waals surface area contributed by atoms with Crippen LogP contribution in [-0.2, 0) is 0 Å². The third-order valence-corrected chi connectivity index (χ3v) is 5.89. The summed E-state index contributed by atoms with van der Waals surface area (Å²) in [7, 11) is 0. The van der Waals surface area contributed by atoms with Gasteiger partial charge in [0.1, 0.15) is 23.7 Å². The molecule has 1 N–H and O–H groups in total. The summed E-state index contributed by atoms with van der Waals surface area (Å²) in [6.07, 6.45) is 1.74. The maximum absolute atomic E-state index is 12.7. The van der Waals surface area contributed by atoms with Crippen LogP contribution < -0.4 is 10.1 Å². The molecule has 0 spiro atoms. The van der Waals surface area contributed by atoms with Gasteiger partial charge in [0, 0.05) is 23.0 Å². The van der Waals surface area contributed by atoms with Crippen LogP contribution in [0.3, 0.4) is 0 Å². The molecule has 1 amide bonds. The molecule has 36 heavy (non-hydrogen) atoms. The van der Waals surface area contributed by atoms with Gasteiger partial charge < -0.3 is 10.1 Å². The third kappa shape index (κ3) is 5.00. The van der Waals surface area contributed by atoms with Gasteiger partial charge in [-0.05, 0) is 68.3 Å². The summed E-state index contributed by atoms with van der Waals surface area (Å²) in [5, 5.41) is 2.93. The molecule has 0 atom stereocenters. The predicted octanol–water partition coefficient (Wildman–Crippen LogP) is 6.30. The van der Waals surface area contributed by atoms with E-state index in [1.54, 1.807) is 36.7 Å². The number of hydrogen-bond acceptors (Lipinski definition) is 5. The van der Waals surface area contributed by atoms with Crippen LogP contribution in [-0.4, -0.2) is 25.4 Å². The van der Waals surface area contributed by atoms with Crippen molar-refractivity contribution in [2.75, 3.05) is 5.32 Å². The van der Waals surface area contributed by atoms with Crippen LogP contribution in [0.1, 0.15) is 27.6 Å². The normalized spacial score (nSPS) is 10.8. The first-order valence-corrected chi connectivity index (χ1v) is 11.6. The van der Waals surface area contributed by atoms with E-state index in [0.717, 1.165) is 22.5 Å². The first-order valence-electron chi connectivity index (χ1n) is 11.6. The van der Waals surface area contributed by atoms with E-state index in [4.69, 9.17) is 4.74 Å². The number of rotatable bonds is 6. The number of anilines is 1. The standard InChI is InChI=1S/C29H25N5O2/c1-19-20(2)34(18-30-19)27-17-28(32-21(3)31-27)36-26-15-13-25(14-16-26)33-29(35)24-11-9-23(10-12-24)22-7-5-4-6-8-22/h4-18H,1-3H3,(H,33,35). The number of hydrogen-bond donors (Lipinski definition) is 1. The van der Waals surface area contributed by atoms with E-state index in [1.807, 2.05) is 79.9 Å². The van der Waals surface area contributed by atoms with Gasteiger partial charge in [0.25, 0.3) is 5.91 Å². The van der Waals surface area contributed by atoms with Gasteiger partial charge in [0.15, 0.2) is 0 Å². The van der Waals surface area contributed by atoms with Crippen LogP contribution in [0.4, 0.5) is 5.69 Å². The van der Waals surface area contributed by atoms with Gasteiger partial charge in [-0.15, -0.1) is 0 Å². The highest BCUT2D eigenvalue weighted by Gasteiger charge is 2.11. The first-order chi connectivity index (χ1) is 17.5. The van der Waals surface area contributed by atoms with E-state index in [9.17, 15) is 4.79 Å². The van der Waals surface area contributed by atoms with Crippen LogP contribution in [0.15, 0.2) is 91.3 Å². The third-order valence-electron chi connectivity index (χ3n) is 5.89. The molecule has 0 aliphatic heterocycles. The molecule has 7 heteroatoms. The number of nitrogens with one attached hydrogen (secondary N) is 1. The molecule has 3 aromatic carbocycles. The van der Waals surface area contributed by atoms with Gasteiger partial charge in [0.05, 0.1) is 5.69 Å². The number of nitrogens with zero attached hydrogens (tertiary/aromatic N) is 4. The Kier molecular flexibility index (Phi) is 6.28. The molecule has 0 aliphatic rings. The number of imidazole rings is 1. The molecule has 0 unspecified atom stereocenters. The van der Waals surface area contributed by atoms with E-state index < -0.39 is 0 Å². The van der Waals surface area contributed by atoms with Gasteiger partial charge in [-0.1, -0.05) is 42.5 Å². The zero-order valence-electron chi connectivity index (χ0n) is 20.3. The molecular formula is C29H25N5O2. The van der Waals surface area contributed by atoms with Crippen LogP contribution >= 0.6 is 0 Å². The largest absolute Gasteiger partial charge is 0.439 e. The highest BCUT2D eigenvalue weighted by atomic mass is 16.5. The van der Waals surface area contributed by atoms with Crippen molar-refractivity contribution in [3.63, 3.8) is 0 Å². The monoisotopic (exact) mass is 475 g/mol. The number of benzene rings is 3. The average molecular weight is 476 g/mol. The second kappa shape index (κ2) is 9.84. The zero-order chi connectivity index (χ0) is 25.1. The Morgan fingerprint density at radius 3 is 2.19 bits per heavy atom. The van der Waals surface area contributed by atoms with Gasteiger partial charge in [-0.3, -0.25) is 9.36 Å². The van der Waals surface area contributed by atoms with Crippen molar-refractivity contribution in [3.8, 4) is 28.6 Å². The van der Waals surface area contributed by atoms with Crippen LogP contribution in [0, 0.1) is 20.8 Å². The summed E-state index contributed by atoms with van der Waals surface area (Å²) in [4.78, 5) is 25.9. The summed E-state index contributed by atoms with van der Waals surface area (Å²) in [6.45, 7) is 5.77. The molecule has 5 rings (SSSR count). The lowest BCUT2D eigenvalue weighted by atomic mass is 10.0. The lowest BCUT2D eigenvalue weighted by molar-refractivity contribution is 0.102. The Balaban J connectivity index is 1.26. The van der Waals surface area contributed by atoms with Crippen molar-refractivity contribution in [2.45, 2.75) is 20.8 Å². The molecule has 0 saturated carbocycles. The lowest BCUT2D eigenvalue weighted by Crippen LogP contribution is -2.11. The number of ether oxygens (including phenoxy) is 1. The van der Waals surface area contributed by atoms with E-state index in [-0.39, 0.29) is 5.91 Å². The molecule has 0 saturated heterocycles. The minimum Gasteiger partial charge on any atom is -0.439 e. The van der Waals surface area contributed by atoms with E-state index >= 15 is 0 Å². The minimum absolute atomic E-state index is 0.176. The second-order valence-corrected chi connectivity index (χ2v) is 8.42. The second-order valence-electron chi connectivity index (χ2n) is 8.42. The summed E-state index contributed by atoms with van der Waals surface area (Å²) >= 11 is 0. The van der Waals surface area contributed by atoms with Crippen molar-refractivity contribution >= 4 is 11.6 Å². The molecule has 7 nitrogen and oxygen atoms in total. The van der Waals surface area contributed by atoms with Crippen LogP contribution in [0.5, 0.6) is 11.6 Å². The molecule has 0 radical (unpaired) electrons. The Labute approximate surface area is 209 Å². The van der Waals surface area contributed by atoms with Crippen LogP contribution in [0.2, 0.25) is 0 Å². The van der Waals surface area contributed by atoms with Gasteiger partial charge >= 0.3 is 0 Å². The number of aromatic nitrogens is 4. The van der Waals surface area contributed by atoms with Crippen molar-refractivity contribution in [1.29, 1.82) is 0 Å². The molecule has 178 valence electrons. The average Bonchev–Trinajstić information content (AvgIpc) is 3.23. The number of amides is 1. The van der Waals surface area contributed by atoms with E-state index in [2.05, 4.69) is 20.3 Å². The van der Waals surface area contributed by atoms with Gasteiger partial charge in [-0.25, -0.2) is 9.97 Å². The summed E-state index contributed by atoms with van der Waals surface area (Å²) in [6, 6.07) is 26.6. The molecule has 0 aliphatic carbocycles. The van der Waals surface area contributed by atoms with Crippen molar-refractivity contribution in [1.82, 2.24) is 19.5 Å². The van der Waals surface area contributed by atoms with E-state index in [0.29, 0.717) is 34.5 Å². The Morgan fingerprint density at radius 2 is 1.53 bits per heavy atom. The van der Waals surface area contributed by atoms with E-state index in [1.165, 1.54) is 0 Å². The fraction of sp³-hybridized carbons (Fsp3) is 0.103. The summed E-state index contributed by atoms with van der Waals surface area (Å²) in [5.74, 6) is 2.14. The molecule has 0 fully saturated rings. The first kappa shape index (κ1) is 23.0.